The standard InChI is InChI=1S/C14H17FN2O3/c1-3-6-12(13(18)19)16-14(20)17(4-2)11-8-5-7-10(15)9-11/h3,5,7-9,12H,1,4,6H2,2H3,(H,16,20)(H,18,19). The molecule has 6 heteroatoms. The van der Waals surface area contributed by atoms with Gasteiger partial charge in [-0.25, -0.2) is 14.0 Å². The van der Waals surface area contributed by atoms with Gasteiger partial charge in [0.05, 0.1) is 0 Å². The number of carboxylic acid groups (broad SMARTS) is 1. The van der Waals surface area contributed by atoms with E-state index in [1.807, 2.05) is 0 Å². The molecule has 0 aliphatic rings. The maximum absolute atomic E-state index is 13.2. The molecule has 108 valence electrons. The molecule has 1 rings (SSSR count). The number of hydrogen-bond acceptors (Lipinski definition) is 2. The summed E-state index contributed by atoms with van der Waals surface area (Å²) in [5, 5.41) is 11.4. The van der Waals surface area contributed by atoms with Gasteiger partial charge in [0.15, 0.2) is 0 Å². The number of hydrogen-bond donors (Lipinski definition) is 2. The molecule has 0 spiro atoms. The molecule has 0 fully saturated rings. The summed E-state index contributed by atoms with van der Waals surface area (Å²) < 4.78 is 13.2. The Morgan fingerprint density at radius 1 is 1.55 bits per heavy atom. The van der Waals surface area contributed by atoms with Gasteiger partial charge in [-0.1, -0.05) is 12.1 Å². The van der Waals surface area contributed by atoms with Crippen LogP contribution < -0.4 is 10.2 Å². The Kier molecular flexibility index (Phi) is 5.71. The Hall–Kier alpha value is -2.37. The van der Waals surface area contributed by atoms with Gasteiger partial charge in [-0.15, -0.1) is 6.58 Å². The number of benzene rings is 1. The molecule has 0 radical (unpaired) electrons. The normalized spacial score (nSPS) is 11.5. The topological polar surface area (TPSA) is 69.6 Å². The number of nitrogens with zero attached hydrogens (tertiary/aromatic N) is 1. The minimum absolute atomic E-state index is 0.113. The average molecular weight is 280 g/mol. The summed E-state index contributed by atoms with van der Waals surface area (Å²) in [5.74, 6) is -1.61. The lowest BCUT2D eigenvalue weighted by atomic mass is 10.2. The Bertz CT molecular complexity index is 505. The Morgan fingerprint density at radius 2 is 2.25 bits per heavy atom. The number of rotatable bonds is 6. The highest BCUT2D eigenvalue weighted by atomic mass is 19.1. The second-order valence-corrected chi connectivity index (χ2v) is 4.09. The molecule has 20 heavy (non-hydrogen) atoms. The molecule has 0 aliphatic heterocycles. The number of halogens is 1. The van der Waals surface area contributed by atoms with Gasteiger partial charge in [0, 0.05) is 12.2 Å². The van der Waals surface area contributed by atoms with Gasteiger partial charge in [-0.05, 0) is 31.5 Å². The lowest BCUT2D eigenvalue weighted by Crippen LogP contribution is -2.48. The molecular formula is C14H17FN2O3. The number of carboxylic acids is 1. The fourth-order valence-electron chi connectivity index (χ4n) is 1.70. The molecule has 1 aromatic carbocycles. The summed E-state index contributed by atoms with van der Waals surface area (Å²) in [5.41, 5.74) is 0.368. The highest BCUT2D eigenvalue weighted by molar-refractivity contribution is 5.94. The predicted octanol–water partition coefficient (Wildman–Crippen LogP) is 2.39. The molecule has 0 saturated carbocycles. The van der Waals surface area contributed by atoms with Crippen molar-refractivity contribution in [3.8, 4) is 0 Å². The van der Waals surface area contributed by atoms with Crippen LogP contribution in [0.25, 0.3) is 0 Å². The first-order valence-electron chi connectivity index (χ1n) is 6.16. The first-order valence-corrected chi connectivity index (χ1v) is 6.16. The fraction of sp³-hybridized carbons (Fsp3) is 0.286. The number of aliphatic carboxylic acids is 1. The number of amides is 2. The number of carbonyl (C=O) groups excluding carboxylic acids is 1. The molecule has 1 aromatic rings. The van der Waals surface area contributed by atoms with Gasteiger partial charge in [-0.2, -0.15) is 0 Å². The Balaban J connectivity index is 2.86. The van der Waals surface area contributed by atoms with Crippen LogP contribution in [0, 0.1) is 5.82 Å². The van der Waals surface area contributed by atoms with E-state index in [9.17, 15) is 14.0 Å². The van der Waals surface area contributed by atoms with Crippen molar-refractivity contribution in [1.82, 2.24) is 5.32 Å². The third-order valence-corrected chi connectivity index (χ3v) is 2.68. The van der Waals surface area contributed by atoms with Crippen LogP contribution in [-0.2, 0) is 4.79 Å². The molecular weight excluding hydrogens is 263 g/mol. The minimum Gasteiger partial charge on any atom is -0.480 e. The summed E-state index contributed by atoms with van der Waals surface area (Å²) in [7, 11) is 0. The van der Waals surface area contributed by atoms with Crippen LogP contribution >= 0.6 is 0 Å². The molecule has 1 unspecified atom stereocenters. The molecule has 0 bridgehead atoms. The van der Waals surface area contributed by atoms with Gasteiger partial charge < -0.3 is 10.4 Å². The highest BCUT2D eigenvalue weighted by Gasteiger charge is 2.22. The van der Waals surface area contributed by atoms with Gasteiger partial charge in [0.2, 0.25) is 0 Å². The molecule has 0 aromatic heterocycles. The maximum atomic E-state index is 13.2. The van der Waals surface area contributed by atoms with Gasteiger partial charge in [-0.3, -0.25) is 4.90 Å². The zero-order chi connectivity index (χ0) is 15.1. The first-order chi connectivity index (χ1) is 9.49. The van der Waals surface area contributed by atoms with E-state index in [0.717, 1.165) is 0 Å². The van der Waals surface area contributed by atoms with Crippen LogP contribution in [0.15, 0.2) is 36.9 Å². The summed E-state index contributed by atoms with van der Waals surface area (Å²) in [6.45, 7) is 5.45. The molecule has 5 nitrogen and oxygen atoms in total. The van der Waals surface area contributed by atoms with E-state index < -0.39 is 23.9 Å². The van der Waals surface area contributed by atoms with Crippen LogP contribution in [0.2, 0.25) is 0 Å². The highest BCUT2D eigenvalue weighted by Crippen LogP contribution is 2.15. The Labute approximate surface area is 116 Å². The van der Waals surface area contributed by atoms with Crippen molar-refractivity contribution in [2.75, 3.05) is 11.4 Å². The summed E-state index contributed by atoms with van der Waals surface area (Å²) in [6, 6.07) is 3.91. The largest absolute Gasteiger partial charge is 0.480 e. The number of nitrogens with one attached hydrogen (secondary N) is 1. The maximum Gasteiger partial charge on any atom is 0.326 e. The average Bonchev–Trinajstić information content (AvgIpc) is 2.39. The van der Waals surface area contributed by atoms with Crippen molar-refractivity contribution >= 4 is 17.7 Å². The van der Waals surface area contributed by atoms with E-state index in [2.05, 4.69) is 11.9 Å². The van der Waals surface area contributed by atoms with Crippen molar-refractivity contribution in [3.05, 3.63) is 42.7 Å². The Morgan fingerprint density at radius 3 is 2.75 bits per heavy atom. The molecule has 0 saturated heterocycles. The summed E-state index contributed by atoms with van der Waals surface area (Å²) >= 11 is 0. The first kappa shape index (κ1) is 15.7. The second kappa shape index (κ2) is 7.28. The van der Waals surface area contributed by atoms with Crippen LogP contribution in [0.4, 0.5) is 14.9 Å². The zero-order valence-corrected chi connectivity index (χ0v) is 11.2. The molecule has 2 amide bonds. The molecule has 2 N–H and O–H groups in total. The minimum atomic E-state index is -1.14. The third kappa shape index (κ3) is 4.08. The van der Waals surface area contributed by atoms with Crippen LogP contribution in [0.1, 0.15) is 13.3 Å². The lowest BCUT2D eigenvalue weighted by molar-refractivity contribution is -0.139. The van der Waals surface area contributed by atoms with E-state index >= 15 is 0 Å². The zero-order valence-electron chi connectivity index (χ0n) is 11.2. The van der Waals surface area contributed by atoms with Crippen molar-refractivity contribution < 1.29 is 19.1 Å². The van der Waals surface area contributed by atoms with E-state index in [1.54, 1.807) is 13.0 Å². The summed E-state index contributed by atoms with van der Waals surface area (Å²) in [6.07, 6.45) is 1.53. The second-order valence-electron chi connectivity index (χ2n) is 4.09. The van der Waals surface area contributed by atoms with Crippen molar-refractivity contribution in [3.63, 3.8) is 0 Å². The molecule has 1 atom stereocenters. The molecule has 0 heterocycles. The predicted molar refractivity (Wildman–Crippen MR) is 74.2 cm³/mol. The van der Waals surface area contributed by atoms with E-state index in [1.165, 1.54) is 29.2 Å². The number of anilines is 1. The van der Waals surface area contributed by atoms with Crippen molar-refractivity contribution in [2.45, 2.75) is 19.4 Å². The van der Waals surface area contributed by atoms with Crippen molar-refractivity contribution in [2.24, 2.45) is 0 Å². The lowest BCUT2D eigenvalue weighted by Gasteiger charge is -2.23. The van der Waals surface area contributed by atoms with Gasteiger partial charge >= 0.3 is 12.0 Å². The van der Waals surface area contributed by atoms with E-state index in [-0.39, 0.29) is 13.0 Å². The van der Waals surface area contributed by atoms with Gasteiger partial charge in [0.1, 0.15) is 11.9 Å². The smallest absolute Gasteiger partial charge is 0.326 e. The van der Waals surface area contributed by atoms with Crippen LogP contribution in [0.5, 0.6) is 0 Å². The molecule has 0 aliphatic carbocycles. The quantitative estimate of drug-likeness (QED) is 0.786. The third-order valence-electron chi connectivity index (χ3n) is 2.68. The van der Waals surface area contributed by atoms with Crippen LogP contribution in [0.3, 0.4) is 0 Å². The number of urea groups is 1. The van der Waals surface area contributed by atoms with Crippen LogP contribution in [-0.4, -0.2) is 29.7 Å². The SMILES string of the molecule is C=CCC(NC(=O)N(CC)c1cccc(F)c1)C(=O)O. The van der Waals surface area contributed by atoms with E-state index in [4.69, 9.17) is 5.11 Å². The van der Waals surface area contributed by atoms with Crippen molar-refractivity contribution in [1.29, 1.82) is 0 Å². The monoisotopic (exact) mass is 280 g/mol. The fourth-order valence-corrected chi connectivity index (χ4v) is 1.70. The van der Waals surface area contributed by atoms with Gasteiger partial charge in [0.25, 0.3) is 0 Å². The summed E-state index contributed by atoms with van der Waals surface area (Å²) in [4.78, 5) is 24.3. The van der Waals surface area contributed by atoms with E-state index in [0.29, 0.717) is 5.69 Å². The number of carbonyl (C=O) groups is 2.